The second-order valence-electron chi connectivity index (χ2n) is 12.0. The molecule has 0 bridgehead atoms. The van der Waals surface area contributed by atoms with Gasteiger partial charge < -0.3 is 5.32 Å². The van der Waals surface area contributed by atoms with E-state index in [1.54, 1.807) is 0 Å². The summed E-state index contributed by atoms with van der Waals surface area (Å²) in [6.07, 6.45) is 1.58. The van der Waals surface area contributed by atoms with Crippen molar-refractivity contribution >= 4 is 27.2 Å². The Morgan fingerprint density at radius 3 is 1.92 bits per heavy atom. The van der Waals surface area contributed by atoms with Crippen molar-refractivity contribution in [2.75, 3.05) is 0 Å². The molecule has 0 spiro atoms. The van der Waals surface area contributed by atoms with Gasteiger partial charge in [-0.25, -0.2) is 9.97 Å². The zero-order chi connectivity index (χ0) is 31.9. The van der Waals surface area contributed by atoms with Crippen molar-refractivity contribution in [2.24, 2.45) is 4.99 Å². The van der Waals surface area contributed by atoms with Gasteiger partial charge in [-0.15, -0.1) is 0 Å². The topological polar surface area (TPSA) is 63.1 Å². The Morgan fingerprint density at radius 2 is 1.15 bits per heavy atom. The lowest BCUT2D eigenvalue weighted by Gasteiger charge is -2.23. The van der Waals surface area contributed by atoms with Crippen LogP contribution in [0.4, 0.5) is 0 Å². The van der Waals surface area contributed by atoms with E-state index in [-0.39, 0.29) is 6.17 Å². The van der Waals surface area contributed by atoms with Gasteiger partial charge in [0.1, 0.15) is 6.17 Å². The number of nitrogens with one attached hydrogen (secondary N) is 1. The Balaban J connectivity index is 1.27. The maximum Gasteiger partial charge on any atom is 0.160 e. The fourth-order valence-electron chi connectivity index (χ4n) is 6.50. The average Bonchev–Trinajstić information content (AvgIpc) is 3.18. The number of hydrogen-bond acceptors (Lipinski definition) is 5. The first-order valence-corrected chi connectivity index (χ1v) is 16.1. The van der Waals surface area contributed by atoms with Gasteiger partial charge in [0.05, 0.1) is 28.1 Å². The van der Waals surface area contributed by atoms with E-state index in [0.717, 1.165) is 66.4 Å². The minimum atomic E-state index is -0.256. The van der Waals surface area contributed by atoms with Gasteiger partial charge in [0.2, 0.25) is 0 Å². The Morgan fingerprint density at radius 1 is 0.479 bits per heavy atom. The predicted octanol–water partition coefficient (Wildman–Crippen LogP) is 8.26. The highest BCUT2D eigenvalue weighted by molar-refractivity contribution is 5.90. The van der Waals surface area contributed by atoms with Crippen LogP contribution in [0.5, 0.6) is 0 Å². The molecule has 1 N–H and O–H groups in total. The van der Waals surface area contributed by atoms with E-state index >= 15 is 0 Å². The quantitative estimate of drug-likeness (QED) is 0.212. The lowest BCUT2D eigenvalue weighted by Crippen LogP contribution is -2.40. The molecule has 2 aromatic heterocycles. The van der Waals surface area contributed by atoms with E-state index in [4.69, 9.17) is 19.9 Å². The third-order valence-electron chi connectivity index (χ3n) is 8.94. The molecule has 0 saturated heterocycles. The predicted molar refractivity (Wildman–Crippen MR) is 193 cm³/mol. The van der Waals surface area contributed by atoms with Gasteiger partial charge in [0, 0.05) is 33.5 Å². The minimum absolute atomic E-state index is 0.256. The zero-order valence-corrected chi connectivity index (χ0v) is 26.0. The monoisotopic (exact) mass is 615 g/mol. The minimum Gasteiger partial charge on any atom is -0.358 e. The van der Waals surface area contributed by atoms with Crippen molar-refractivity contribution in [3.63, 3.8) is 0 Å². The Labute approximate surface area is 277 Å². The number of nitrogens with zero attached hydrogens (tertiary/aromatic N) is 4. The summed E-state index contributed by atoms with van der Waals surface area (Å²) in [6, 6.07) is 54.4. The Kier molecular flexibility index (Phi) is 6.79. The van der Waals surface area contributed by atoms with Gasteiger partial charge >= 0.3 is 0 Å². The molecule has 1 atom stereocenters. The summed E-state index contributed by atoms with van der Waals surface area (Å²) in [5.41, 5.74) is 7.70. The molecule has 0 fully saturated rings. The van der Waals surface area contributed by atoms with Gasteiger partial charge in [-0.1, -0.05) is 127 Å². The highest BCUT2D eigenvalue weighted by Crippen LogP contribution is 2.31. The molecule has 0 aliphatic carbocycles. The van der Waals surface area contributed by atoms with Crippen LogP contribution in [0.3, 0.4) is 0 Å². The molecule has 5 nitrogen and oxygen atoms in total. The summed E-state index contributed by atoms with van der Waals surface area (Å²) in [6.45, 7) is 0. The van der Waals surface area contributed by atoms with E-state index in [9.17, 15) is 0 Å². The zero-order valence-electron chi connectivity index (χ0n) is 26.0. The molecule has 0 amide bonds. The number of aromatic nitrogens is 3. The molecule has 1 unspecified atom stereocenters. The molecule has 1 aliphatic heterocycles. The van der Waals surface area contributed by atoms with Crippen LogP contribution in [-0.4, -0.2) is 15.0 Å². The lowest BCUT2D eigenvalue weighted by molar-refractivity contribution is 0.634. The van der Waals surface area contributed by atoms with E-state index in [2.05, 4.69) is 121 Å². The van der Waals surface area contributed by atoms with Gasteiger partial charge in [-0.05, 0) is 52.1 Å². The first-order valence-electron chi connectivity index (χ1n) is 16.1. The summed E-state index contributed by atoms with van der Waals surface area (Å²) >= 11 is 0. The Bertz CT molecular complexity index is 2580. The third kappa shape index (κ3) is 5.08. The van der Waals surface area contributed by atoms with E-state index < -0.39 is 0 Å². The summed E-state index contributed by atoms with van der Waals surface area (Å²) < 4.78 is 0. The van der Waals surface area contributed by atoms with Crippen LogP contribution in [0.25, 0.3) is 61.1 Å². The van der Waals surface area contributed by atoms with Crippen LogP contribution >= 0.6 is 0 Å². The SMILES string of the molecule is c1ccc(-c2nc(-c3ccc4ccccc4c3)cc(-c3ccc4ccc5c(c4c3)=NC(c3ccccc3)NC=5c3ccccn3)n2)cc1. The van der Waals surface area contributed by atoms with Crippen LogP contribution in [0, 0.1) is 0 Å². The van der Waals surface area contributed by atoms with Crippen molar-refractivity contribution in [1.82, 2.24) is 20.3 Å². The number of benzene rings is 6. The van der Waals surface area contributed by atoms with E-state index in [1.807, 2.05) is 48.7 Å². The van der Waals surface area contributed by atoms with Gasteiger partial charge in [0.15, 0.2) is 5.82 Å². The van der Waals surface area contributed by atoms with Crippen LogP contribution in [0.2, 0.25) is 0 Å². The fraction of sp³-hybridized carbons (Fsp3) is 0.0233. The van der Waals surface area contributed by atoms with Crippen molar-refractivity contribution in [3.05, 3.63) is 186 Å². The molecule has 9 rings (SSSR count). The lowest BCUT2D eigenvalue weighted by atomic mass is 9.99. The molecule has 3 heterocycles. The Hall–Kier alpha value is -6.46. The number of fused-ring (bicyclic) bond motifs is 4. The maximum atomic E-state index is 5.32. The molecular formula is C43H29N5. The van der Waals surface area contributed by atoms with Crippen LogP contribution < -0.4 is 15.9 Å². The molecule has 0 saturated carbocycles. The summed E-state index contributed by atoms with van der Waals surface area (Å²) in [5, 5.41) is 10.2. The molecule has 8 aromatic rings. The molecule has 48 heavy (non-hydrogen) atoms. The molecule has 6 aromatic carbocycles. The summed E-state index contributed by atoms with van der Waals surface area (Å²) in [7, 11) is 0. The van der Waals surface area contributed by atoms with Gasteiger partial charge in [-0.2, -0.15) is 0 Å². The van der Waals surface area contributed by atoms with Crippen LogP contribution in [0.15, 0.2) is 169 Å². The molecule has 0 radical (unpaired) electrons. The van der Waals surface area contributed by atoms with Crippen molar-refractivity contribution in [1.29, 1.82) is 0 Å². The standard InChI is InChI=1S/C43H29N5/c1-3-12-30(13-4-1)42-45-38(33-20-18-28-11-7-8-16-32(28)25-33)27-39(46-42)34-21-19-29-22-23-35-40(36(29)26-34)47-43(31-14-5-2-6-15-31)48-41(35)37-17-9-10-24-44-37/h1-27,43,48H. The molecule has 226 valence electrons. The van der Waals surface area contributed by atoms with Crippen molar-refractivity contribution in [3.8, 4) is 33.9 Å². The highest BCUT2D eigenvalue weighted by atomic mass is 15.1. The number of hydrogen-bond donors (Lipinski definition) is 1. The van der Waals surface area contributed by atoms with Gasteiger partial charge in [-0.3, -0.25) is 9.98 Å². The highest BCUT2D eigenvalue weighted by Gasteiger charge is 2.20. The average molecular weight is 616 g/mol. The molecule has 5 heteroatoms. The van der Waals surface area contributed by atoms with E-state index in [0.29, 0.717) is 5.82 Å². The normalized spacial score (nSPS) is 13.9. The van der Waals surface area contributed by atoms with Crippen molar-refractivity contribution < 1.29 is 0 Å². The number of pyridine rings is 1. The van der Waals surface area contributed by atoms with Crippen LogP contribution in [0.1, 0.15) is 17.4 Å². The molecule has 1 aliphatic rings. The van der Waals surface area contributed by atoms with Crippen LogP contribution in [-0.2, 0) is 0 Å². The summed E-state index contributed by atoms with van der Waals surface area (Å²) in [5.74, 6) is 0.690. The fourth-order valence-corrected chi connectivity index (χ4v) is 6.50. The first kappa shape index (κ1) is 27.8. The second-order valence-corrected chi connectivity index (χ2v) is 12.0. The van der Waals surface area contributed by atoms with Gasteiger partial charge in [0.25, 0.3) is 0 Å². The third-order valence-corrected chi connectivity index (χ3v) is 8.94. The smallest absolute Gasteiger partial charge is 0.160 e. The molecular weight excluding hydrogens is 587 g/mol. The number of rotatable bonds is 5. The second kappa shape index (κ2) is 11.7. The van der Waals surface area contributed by atoms with E-state index in [1.165, 1.54) is 10.8 Å². The first-order chi connectivity index (χ1) is 23.8. The maximum absolute atomic E-state index is 5.32. The largest absolute Gasteiger partial charge is 0.358 e. The van der Waals surface area contributed by atoms with Crippen molar-refractivity contribution in [2.45, 2.75) is 6.17 Å². The summed E-state index contributed by atoms with van der Waals surface area (Å²) in [4.78, 5) is 20.2.